The van der Waals surface area contributed by atoms with E-state index < -0.39 is 23.5 Å². The Hall–Kier alpha value is -1.63. The summed E-state index contributed by atoms with van der Waals surface area (Å²) in [5, 5.41) is 0. The topological polar surface area (TPSA) is 46.6 Å². The Labute approximate surface area is 126 Å². The van der Waals surface area contributed by atoms with Crippen molar-refractivity contribution < 1.29 is 23.1 Å². The van der Waals surface area contributed by atoms with Gasteiger partial charge in [0.2, 0.25) is 5.91 Å². The van der Waals surface area contributed by atoms with Crippen molar-refractivity contribution in [2.75, 3.05) is 26.5 Å². The number of carbonyl (C=O) groups excluding carboxylic acids is 2. The van der Waals surface area contributed by atoms with E-state index in [1.165, 1.54) is 18.1 Å². The number of thioether (sulfide) groups is 1. The minimum Gasteiger partial charge on any atom is -0.469 e. The first-order chi connectivity index (χ1) is 9.85. The Bertz CT molecular complexity index is 525. The summed E-state index contributed by atoms with van der Waals surface area (Å²) in [6.07, 6.45) is 0. The molecular formula is C14H17F2NO3S. The number of hydrogen-bond acceptors (Lipinski definition) is 4. The van der Waals surface area contributed by atoms with Gasteiger partial charge in [-0.05, 0) is 12.1 Å². The third-order valence-electron chi connectivity index (χ3n) is 2.82. The fourth-order valence-electron chi connectivity index (χ4n) is 1.63. The largest absolute Gasteiger partial charge is 0.469 e. The highest BCUT2D eigenvalue weighted by Crippen LogP contribution is 2.22. The van der Waals surface area contributed by atoms with Crippen LogP contribution in [0.4, 0.5) is 8.78 Å². The van der Waals surface area contributed by atoms with Crippen LogP contribution in [0.1, 0.15) is 6.92 Å². The van der Waals surface area contributed by atoms with E-state index >= 15 is 0 Å². The molecule has 0 bridgehead atoms. The van der Waals surface area contributed by atoms with Gasteiger partial charge in [0.25, 0.3) is 0 Å². The predicted molar refractivity (Wildman–Crippen MR) is 75.9 cm³/mol. The van der Waals surface area contributed by atoms with Gasteiger partial charge in [-0.15, -0.1) is 11.8 Å². The van der Waals surface area contributed by atoms with E-state index in [1.807, 2.05) is 0 Å². The van der Waals surface area contributed by atoms with Crippen LogP contribution in [0.5, 0.6) is 0 Å². The molecule has 0 aromatic heterocycles. The lowest BCUT2D eigenvalue weighted by Crippen LogP contribution is -2.35. The summed E-state index contributed by atoms with van der Waals surface area (Å²) >= 11 is 0.984. The van der Waals surface area contributed by atoms with Gasteiger partial charge in [0.1, 0.15) is 11.6 Å². The molecule has 0 aliphatic heterocycles. The lowest BCUT2D eigenvalue weighted by Gasteiger charge is -2.20. The van der Waals surface area contributed by atoms with Crippen molar-refractivity contribution in [3.8, 4) is 0 Å². The molecule has 7 heteroatoms. The Morgan fingerprint density at radius 1 is 1.38 bits per heavy atom. The van der Waals surface area contributed by atoms with Gasteiger partial charge in [0.05, 0.1) is 18.8 Å². The minimum absolute atomic E-state index is 0.00689. The molecule has 1 atom stereocenters. The van der Waals surface area contributed by atoms with Crippen LogP contribution in [0.25, 0.3) is 0 Å². The molecule has 116 valence electrons. The van der Waals surface area contributed by atoms with Crippen molar-refractivity contribution >= 4 is 23.6 Å². The molecule has 0 saturated heterocycles. The molecule has 0 radical (unpaired) electrons. The first-order valence-corrected chi connectivity index (χ1v) is 7.23. The van der Waals surface area contributed by atoms with Crippen molar-refractivity contribution in [3.63, 3.8) is 0 Å². The Kier molecular flexibility index (Phi) is 6.61. The Morgan fingerprint density at radius 3 is 2.62 bits per heavy atom. The fourth-order valence-corrected chi connectivity index (χ4v) is 2.49. The maximum absolute atomic E-state index is 13.4. The van der Waals surface area contributed by atoms with Gasteiger partial charge in [-0.1, -0.05) is 6.92 Å². The minimum atomic E-state index is -0.696. The second kappa shape index (κ2) is 7.97. The molecule has 1 aromatic carbocycles. The summed E-state index contributed by atoms with van der Waals surface area (Å²) in [5.74, 6) is -2.43. The normalized spacial score (nSPS) is 11.9. The number of nitrogens with zero attached hydrogens (tertiary/aromatic N) is 1. The van der Waals surface area contributed by atoms with E-state index in [2.05, 4.69) is 4.74 Å². The summed E-state index contributed by atoms with van der Waals surface area (Å²) in [4.78, 5) is 24.8. The smallest absolute Gasteiger partial charge is 0.310 e. The number of benzene rings is 1. The average molecular weight is 317 g/mol. The van der Waals surface area contributed by atoms with Gasteiger partial charge in [0, 0.05) is 24.6 Å². The second-order valence-electron chi connectivity index (χ2n) is 4.56. The number of rotatable bonds is 6. The molecule has 1 aromatic rings. The second-order valence-corrected chi connectivity index (χ2v) is 5.58. The van der Waals surface area contributed by atoms with E-state index in [0.717, 1.165) is 23.9 Å². The molecule has 0 heterocycles. The molecule has 21 heavy (non-hydrogen) atoms. The summed E-state index contributed by atoms with van der Waals surface area (Å²) in [6.45, 7) is 1.88. The standard InChI is InChI=1S/C14H17F2NO3S/c1-9(14(19)20-3)7-17(2)13(18)8-21-12-5-4-10(15)6-11(12)16/h4-6,9H,7-8H2,1-3H3. The SMILES string of the molecule is COC(=O)C(C)CN(C)C(=O)CSc1ccc(F)cc1F. The number of halogens is 2. The summed E-state index contributed by atoms with van der Waals surface area (Å²) in [5.41, 5.74) is 0. The first kappa shape index (κ1) is 17.4. The highest BCUT2D eigenvalue weighted by molar-refractivity contribution is 8.00. The zero-order valence-corrected chi connectivity index (χ0v) is 12.9. The lowest BCUT2D eigenvalue weighted by molar-refractivity contribution is -0.145. The number of esters is 1. The molecule has 0 aliphatic rings. The van der Waals surface area contributed by atoms with Crippen LogP contribution in [0, 0.1) is 17.6 Å². The molecule has 0 fully saturated rings. The number of hydrogen-bond donors (Lipinski definition) is 0. The van der Waals surface area contributed by atoms with Gasteiger partial charge >= 0.3 is 5.97 Å². The van der Waals surface area contributed by atoms with E-state index in [1.54, 1.807) is 14.0 Å². The summed E-state index contributed by atoms with van der Waals surface area (Å²) in [6, 6.07) is 3.20. The Balaban J connectivity index is 2.51. The molecule has 1 unspecified atom stereocenters. The van der Waals surface area contributed by atoms with Gasteiger partial charge in [-0.3, -0.25) is 9.59 Å². The van der Waals surface area contributed by atoms with E-state index in [4.69, 9.17) is 0 Å². The number of carbonyl (C=O) groups is 2. The molecule has 0 aliphatic carbocycles. The van der Waals surface area contributed by atoms with Crippen LogP contribution >= 0.6 is 11.8 Å². The van der Waals surface area contributed by atoms with Crippen molar-refractivity contribution in [1.82, 2.24) is 4.90 Å². The van der Waals surface area contributed by atoms with Crippen LogP contribution in [0.2, 0.25) is 0 Å². The quantitative estimate of drug-likeness (QED) is 0.597. The van der Waals surface area contributed by atoms with Crippen molar-refractivity contribution in [3.05, 3.63) is 29.8 Å². The summed E-state index contributed by atoms with van der Waals surface area (Å²) in [7, 11) is 2.84. The third kappa shape index (κ3) is 5.34. The third-order valence-corrected chi connectivity index (χ3v) is 3.86. The Morgan fingerprint density at radius 2 is 2.05 bits per heavy atom. The van der Waals surface area contributed by atoms with Crippen LogP contribution in [-0.2, 0) is 14.3 Å². The van der Waals surface area contributed by atoms with Crippen molar-refractivity contribution in [2.24, 2.45) is 5.92 Å². The fraction of sp³-hybridized carbons (Fsp3) is 0.429. The predicted octanol–water partition coefficient (Wildman–Crippen LogP) is 2.32. The van der Waals surface area contributed by atoms with Gasteiger partial charge in [-0.25, -0.2) is 8.78 Å². The molecule has 0 spiro atoms. The molecule has 0 saturated carbocycles. The molecular weight excluding hydrogens is 300 g/mol. The van der Waals surface area contributed by atoms with Crippen molar-refractivity contribution in [2.45, 2.75) is 11.8 Å². The summed E-state index contributed by atoms with van der Waals surface area (Å²) < 4.78 is 30.8. The monoisotopic (exact) mass is 317 g/mol. The molecule has 1 rings (SSSR count). The van der Waals surface area contributed by atoms with Crippen LogP contribution in [0.3, 0.4) is 0 Å². The zero-order chi connectivity index (χ0) is 16.0. The molecule has 0 N–H and O–H groups in total. The highest BCUT2D eigenvalue weighted by Gasteiger charge is 2.19. The van der Waals surface area contributed by atoms with Gasteiger partial charge in [-0.2, -0.15) is 0 Å². The first-order valence-electron chi connectivity index (χ1n) is 6.24. The average Bonchev–Trinajstić information content (AvgIpc) is 2.44. The van der Waals surface area contributed by atoms with E-state index in [9.17, 15) is 18.4 Å². The number of methoxy groups -OCH3 is 1. The van der Waals surface area contributed by atoms with Crippen LogP contribution in [-0.4, -0.2) is 43.2 Å². The van der Waals surface area contributed by atoms with Gasteiger partial charge in [0.15, 0.2) is 0 Å². The zero-order valence-electron chi connectivity index (χ0n) is 12.1. The van der Waals surface area contributed by atoms with Crippen molar-refractivity contribution in [1.29, 1.82) is 0 Å². The number of amides is 1. The van der Waals surface area contributed by atoms with E-state index in [-0.39, 0.29) is 23.1 Å². The van der Waals surface area contributed by atoms with Crippen LogP contribution < -0.4 is 0 Å². The molecule has 1 amide bonds. The highest BCUT2D eigenvalue weighted by atomic mass is 32.2. The molecule has 4 nitrogen and oxygen atoms in total. The lowest BCUT2D eigenvalue weighted by atomic mass is 10.2. The van der Waals surface area contributed by atoms with E-state index in [0.29, 0.717) is 0 Å². The number of ether oxygens (including phenoxy) is 1. The maximum Gasteiger partial charge on any atom is 0.310 e. The van der Waals surface area contributed by atoms with Crippen LogP contribution in [0.15, 0.2) is 23.1 Å². The van der Waals surface area contributed by atoms with Gasteiger partial charge < -0.3 is 9.64 Å². The maximum atomic E-state index is 13.4.